The van der Waals surface area contributed by atoms with Gasteiger partial charge in [0.2, 0.25) is 0 Å². The highest BCUT2D eigenvalue weighted by atomic mass is 31.0. The van der Waals surface area contributed by atoms with Crippen molar-refractivity contribution in [3.05, 3.63) is 23.5 Å². The van der Waals surface area contributed by atoms with Crippen molar-refractivity contribution in [1.82, 2.24) is 4.98 Å². The van der Waals surface area contributed by atoms with Crippen LogP contribution in [0.15, 0.2) is 12.3 Å². The van der Waals surface area contributed by atoms with E-state index in [1.807, 2.05) is 0 Å². The van der Waals surface area contributed by atoms with Crippen molar-refractivity contribution in [2.75, 3.05) is 6.61 Å². The number of hydrogen-bond donors (Lipinski definition) is 1. The second-order valence-corrected chi connectivity index (χ2v) is 3.96. The van der Waals surface area contributed by atoms with Gasteiger partial charge in [-0.3, -0.25) is 9.78 Å². The number of rotatable bonds is 4. The number of aryl methyl sites for hydroxylation is 1. The molecule has 0 saturated heterocycles. The van der Waals surface area contributed by atoms with Crippen LogP contribution in [0.3, 0.4) is 0 Å². The topological polar surface area (TPSA) is 65.2 Å². The predicted molar refractivity (Wildman–Crippen MR) is 57.3 cm³/mol. The van der Waals surface area contributed by atoms with Crippen molar-refractivity contribution in [3.63, 3.8) is 0 Å². The minimum absolute atomic E-state index is 0.140. The number of ether oxygens (including phenoxy) is 1. The number of halogens is 2. The Bertz CT molecular complexity index is 407. The molecule has 0 aromatic carbocycles. The molecule has 1 aromatic rings. The fraction of sp³-hybridized carbons (Fsp3) is 0.333. The van der Waals surface area contributed by atoms with Gasteiger partial charge in [-0.1, -0.05) is 9.24 Å². The molecule has 0 aliphatic rings. The van der Waals surface area contributed by atoms with Crippen LogP contribution in [0.2, 0.25) is 0 Å². The van der Waals surface area contributed by atoms with Crippen LogP contribution in [0.25, 0.3) is 0 Å². The van der Waals surface area contributed by atoms with Crippen molar-refractivity contribution >= 4 is 15.1 Å². The summed E-state index contributed by atoms with van der Waals surface area (Å²) in [6.45, 7) is 1.22. The highest BCUT2D eigenvalue weighted by Crippen LogP contribution is 2.38. The summed E-state index contributed by atoms with van der Waals surface area (Å²) in [5.74, 6) is -0.877. The molecule has 0 fully saturated rings. The molecule has 1 unspecified atom stereocenters. The molecule has 0 aliphatic carbocycles. The van der Waals surface area contributed by atoms with Gasteiger partial charge in [-0.15, -0.1) is 0 Å². The molecule has 0 saturated carbocycles. The number of hydrogen-bond acceptors (Lipinski definition) is 3. The minimum Gasteiger partial charge on any atom is -0.482 e. The zero-order valence-corrected chi connectivity index (χ0v) is 9.69. The third-order valence-electron chi connectivity index (χ3n) is 1.68. The van der Waals surface area contributed by atoms with E-state index in [0.29, 0.717) is 5.56 Å². The Morgan fingerprint density at radius 3 is 2.81 bits per heavy atom. The Kier molecular flexibility index (Phi) is 3.75. The first-order valence-corrected chi connectivity index (χ1v) is 4.93. The minimum atomic E-state index is -3.21. The van der Waals surface area contributed by atoms with Gasteiger partial charge >= 0.3 is 5.66 Å². The lowest BCUT2D eigenvalue weighted by Crippen LogP contribution is -2.21. The standard InChI is InChI=1S/C9H11F2N2O2P/c1-5-2-6(15-4-7(12)14)8(13-3-5)9(10,11)16/h2-3H,4,16H2,1H3,(H2,12,14). The van der Waals surface area contributed by atoms with Crippen LogP contribution in [0.1, 0.15) is 11.3 Å². The number of primary amides is 1. The SMILES string of the molecule is Cc1cnc(C(F)(F)P)c(OCC(N)=O)c1. The molecule has 2 N–H and O–H groups in total. The second-order valence-electron chi connectivity index (χ2n) is 3.24. The smallest absolute Gasteiger partial charge is 0.303 e. The number of pyridine rings is 1. The van der Waals surface area contributed by atoms with Crippen LogP contribution in [-0.2, 0) is 10.5 Å². The Labute approximate surface area is 93.4 Å². The zero-order valence-electron chi connectivity index (χ0n) is 8.54. The molecular weight excluding hydrogens is 237 g/mol. The lowest BCUT2D eigenvalue weighted by atomic mass is 10.2. The fourth-order valence-corrected chi connectivity index (χ4v) is 1.27. The average Bonchev–Trinajstić information content (AvgIpc) is 2.12. The Morgan fingerprint density at radius 1 is 1.69 bits per heavy atom. The molecule has 1 amide bonds. The maximum Gasteiger partial charge on any atom is 0.303 e. The van der Waals surface area contributed by atoms with E-state index in [9.17, 15) is 13.6 Å². The monoisotopic (exact) mass is 248 g/mol. The molecular formula is C9H11F2N2O2P. The molecule has 16 heavy (non-hydrogen) atoms. The van der Waals surface area contributed by atoms with Crippen molar-refractivity contribution in [2.24, 2.45) is 5.73 Å². The summed E-state index contributed by atoms with van der Waals surface area (Å²) in [5.41, 5.74) is 1.77. The first-order chi connectivity index (χ1) is 7.30. The van der Waals surface area contributed by atoms with Crippen LogP contribution in [0.5, 0.6) is 5.75 Å². The second kappa shape index (κ2) is 4.70. The van der Waals surface area contributed by atoms with Crippen LogP contribution < -0.4 is 10.5 Å². The van der Waals surface area contributed by atoms with Crippen molar-refractivity contribution < 1.29 is 18.3 Å². The summed E-state index contributed by atoms with van der Waals surface area (Å²) in [6, 6.07) is 1.38. The molecule has 1 heterocycles. The number of carbonyl (C=O) groups is 1. The number of aromatic nitrogens is 1. The zero-order chi connectivity index (χ0) is 12.3. The summed E-state index contributed by atoms with van der Waals surface area (Å²) in [7, 11) is 1.36. The lowest BCUT2D eigenvalue weighted by molar-refractivity contribution is -0.120. The van der Waals surface area contributed by atoms with Crippen LogP contribution in [0, 0.1) is 6.92 Å². The van der Waals surface area contributed by atoms with Gasteiger partial charge in [-0.05, 0) is 18.6 Å². The number of amides is 1. The molecule has 1 rings (SSSR count). The lowest BCUT2D eigenvalue weighted by Gasteiger charge is -2.14. The van der Waals surface area contributed by atoms with Gasteiger partial charge in [0.05, 0.1) is 0 Å². The van der Waals surface area contributed by atoms with Crippen molar-refractivity contribution in [2.45, 2.75) is 12.6 Å². The van der Waals surface area contributed by atoms with Gasteiger partial charge in [0.1, 0.15) is 5.75 Å². The van der Waals surface area contributed by atoms with Gasteiger partial charge in [-0.25, -0.2) is 0 Å². The van der Waals surface area contributed by atoms with E-state index in [4.69, 9.17) is 10.5 Å². The largest absolute Gasteiger partial charge is 0.482 e. The molecule has 0 bridgehead atoms. The van der Waals surface area contributed by atoms with E-state index in [2.05, 4.69) is 4.98 Å². The van der Waals surface area contributed by atoms with E-state index in [-0.39, 0.29) is 5.75 Å². The molecule has 1 atom stereocenters. The number of nitrogens with zero attached hydrogens (tertiary/aromatic N) is 1. The van der Waals surface area contributed by atoms with Crippen molar-refractivity contribution in [3.8, 4) is 5.75 Å². The highest BCUT2D eigenvalue weighted by Gasteiger charge is 2.30. The Morgan fingerprint density at radius 2 is 2.31 bits per heavy atom. The van der Waals surface area contributed by atoms with E-state index >= 15 is 0 Å². The van der Waals surface area contributed by atoms with Crippen LogP contribution in [0.4, 0.5) is 8.78 Å². The Hall–Kier alpha value is -1.29. The van der Waals surface area contributed by atoms with E-state index in [1.165, 1.54) is 21.5 Å². The third-order valence-corrected chi connectivity index (χ3v) is 1.95. The molecule has 7 heteroatoms. The van der Waals surface area contributed by atoms with Gasteiger partial charge in [-0.2, -0.15) is 8.78 Å². The normalized spacial score (nSPS) is 11.2. The summed E-state index contributed by atoms with van der Waals surface area (Å²) in [5, 5.41) is 0. The molecule has 0 aliphatic heterocycles. The first-order valence-electron chi connectivity index (χ1n) is 4.35. The number of carbonyl (C=O) groups excluding carboxylic acids is 1. The summed E-state index contributed by atoms with van der Waals surface area (Å²) in [4.78, 5) is 14.1. The molecule has 0 radical (unpaired) electrons. The summed E-state index contributed by atoms with van der Waals surface area (Å²) < 4.78 is 31.0. The maximum atomic E-state index is 13.1. The highest BCUT2D eigenvalue weighted by molar-refractivity contribution is 7.17. The van der Waals surface area contributed by atoms with E-state index in [0.717, 1.165) is 0 Å². The quantitative estimate of drug-likeness (QED) is 0.813. The maximum absolute atomic E-state index is 13.1. The van der Waals surface area contributed by atoms with E-state index in [1.54, 1.807) is 6.92 Å². The molecule has 4 nitrogen and oxygen atoms in total. The first kappa shape index (κ1) is 12.8. The molecule has 1 aromatic heterocycles. The third kappa shape index (κ3) is 3.38. The summed E-state index contributed by atoms with van der Waals surface area (Å²) in [6.07, 6.45) is 1.30. The number of nitrogens with two attached hydrogens (primary N) is 1. The molecule has 88 valence electrons. The van der Waals surface area contributed by atoms with Crippen LogP contribution >= 0.6 is 9.24 Å². The van der Waals surface area contributed by atoms with E-state index < -0.39 is 23.9 Å². The Balaban J connectivity index is 3.04. The van der Waals surface area contributed by atoms with Crippen LogP contribution in [-0.4, -0.2) is 17.5 Å². The predicted octanol–water partition coefficient (Wildman–Crippen LogP) is 1.18. The molecule has 0 spiro atoms. The van der Waals surface area contributed by atoms with Gasteiger partial charge < -0.3 is 10.5 Å². The fourth-order valence-electron chi connectivity index (χ4n) is 1.05. The van der Waals surface area contributed by atoms with Gasteiger partial charge in [0.15, 0.2) is 12.3 Å². The van der Waals surface area contributed by atoms with Crippen molar-refractivity contribution in [1.29, 1.82) is 0 Å². The number of alkyl halides is 2. The average molecular weight is 248 g/mol. The van der Waals surface area contributed by atoms with Gasteiger partial charge in [0.25, 0.3) is 5.91 Å². The summed E-state index contributed by atoms with van der Waals surface area (Å²) >= 11 is 0. The van der Waals surface area contributed by atoms with Gasteiger partial charge in [0, 0.05) is 6.20 Å².